The minimum atomic E-state index is -0.361. The molecule has 0 atom stereocenters. The highest BCUT2D eigenvalue weighted by Crippen LogP contribution is 2.11. The molecule has 0 aliphatic carbocycles. The lowest BCUT2D eigenvalue weighted by atomic mass is 10.4. The van der Waals surface area contributed by atoms with Crippen molar-refractivity contribution in [3.05, 3.63) is 33.9 Å². The summed E-state index contributed by atoms with van der Waals surface area (Å²) < 4.78 is 1.63. The number of nitrogens with zero attached hydrogens (tertiary/aromatic N) is 4. The number of halogens is 1. The van der Waals surface area contributed by atoms with Crippen molar-refractivity contribution in [1.29, 1.82) is 0 Å². The maximum atomic E-state index is 11.2. The summed E-state index contributed by atoms with van der Waals surface area (Å²) in [5.74, 6) is 1.09. The third-order valence-corrected chi connectivity index (χ3v) is 2.44. The zero-order valence-corrected chi connectivity index (χ0v) is 9.90. The van der Waals surface area contributed by atoms with E-state index in [0.29, 0.717) is 18.8 Å². The number of rotatable bonds is 4. The number of aryl methyl sites for hydroxylation is 1. The standard InChI is InChI=1S/C9H11ClN6O/c1-16-5-14-6(15-16)2-3-11-8-7(10)9(17)13-4-12-8/h4-5H,2-3H2,1H3,(H2,11,12,13,17). The molecule has 0 fully saturated rings. The van der Waals surface area contributed by atoms with Gasteiger partial charge in [-0.2, -0.15) is 5.10 Å². The fraction of sp³-hybridized carbons (Fsp3) is 0.333. The maximum Gasteiger partial charge on any atom is 0.271 e. The van der Waals surface area contributed by atoms with Crippen molar-refractivity contribution in [2.75, 3.05) is 11.9 Å². The summed E-state index contributed by atoms with van der Waals surface area (Å²) in [6.45, 7) is 0.556. The first-order valence-corrected chi connectivity index (χ1v) is 5.36. The van der Waals surface area contributed by atoms with E-state index in [0.717, 1.165) is 5.82 Å². The fourth-order valence-corrected chi connectivity index (χ4v) is 1.47. The minimum absolute atomic E-state index is 0.0569. The van der Waals surface area contributed by atoms with E-state index < -0.39 is 0 Å². The predicted molar refractivity (Wildman–Crippen MR) is 63.1 cm³/mol. The van der Waals surface area contributed by atoms with Crippen LogP contribution in [0, 0.1) is 0 Å². The quantitative estimate of drug-likeness (QED) is 0.814. The monoisotopic (exact) mass is 254 g/mol. The van der Waals surface area contributed by atoms with Gasteiger partial charge in [0.2, 0.25) is 0 Å². The number of anilines is 1. The van der Waals surface area contributed by atoms with Gasteiger partial charge in [0.05, 0.1) is 6.33 Å². The molecule has 2 N–H and O–H groups in total. The fourth-order valence-electron chi connectivity index (χ4n) is 1.30. The molecule has 0 saturated heterocycles. The molecule has 0 unspecified atom stereocenters. The van der Waals surface area contributed by atoms with Gasteiger partial charge in [0.1, 0.15) is 11.3 Å². The second-order valence-electron chi connectivity index (χ2n) is 3.41. The largest absolute Gasteiger partial charge is 0.368 e. The molecule has 0 saturated carbocycles. The number of hydrogen-bond donors (Lipinski definition) is 2. The third-order valence-electron chi connectivity index (χ3n) is 2.08. The van der Waals surface area contributed by atoms with Crippen molar-refractivity contribution in [3.8, 4) is 0 Å². The number of aromatic nitrogens is 5. The first kappa shape index (κ1) is 11.6. The highest BCUT2D eigenvalue weighted by molar-refractivity contribution is 6.32. The average Bonchev–Trinajstić information content (AvgIpc) is 2.70. The topological polar surface area (TPSA) is 88.5 Å². The average molecular weight is 255 g/mol. The van der Waals surface area contributed by atoms with Crippen molar-refractivity contribution in [1.82, 2.24) is 24.7 Å². The highest BCUT2D eigenvalue weighted by Gasteiger charge is 2.05. The SMILES string of the molecule is Cn1cnc(CCNc2nc[nH]c(=O)c2Cl)n1. The van der Waals surface area contributed by atoms with Crippen LogP contribution in [-0.4, -0.2) is 31.3 Å². The predicted octanol–water partition coefficient (Wildman–Crippen LogP) is 0.206. The van der Waals surface area contributed by atoms with Gasteiger partial charge < -0.3 is 10.3 Å². The first-order valence-electron chi connectivity index (χ1n) is 4.98. The van der Waals surface area contributed by atoms with Crippen LogP contribution in [0.3, 0.4) is 0 Å². The molecule has 17 heavy (non-hydrogen) atoms. The van der Waals surface area contributed by atoms with E-state index in [1.54, 1.807) is 18.1 Å². The van der Waals surface area contributed by atoms with E-state index in [-0.39, 0.29) is 10.6 Å². The van der Waals surface area contributed by atoms with Crippen LogP contribution in [-0.2, 0) is 13.5 Å². The summed E-state index contributed by atoms with van der Waals surface area (Å²) in [5, 5.41) is 7.14. The highest BCUT2D eigenvalue weighted by atomic mass is 35.5. The molecule has 2 aromatic heterocycles. The van der Waals surface area contributed by atoms with Gasteiger partial charge in [-0.05, 0) is 0 Å². The summed E-state index contributed by atoms with van der Waals surface area (Å²) in [7, 11) is 1.80. The molecule has 0 spiro atoms. The van der Waals surface area contributed by atoms with Crippen LogP contribution >= 0.6 is 11.6 Å². The van der Waals surface area contributed by atoms with E-state index in [9.17, 15) is 4.79 Å². The van der Waals surface area contributed by atoms with Gasteiger partial charge in [-0.25, -0.2) is 9.97 Å². The Balaban J connectivity index is 1.94. The molecule has 2 rings (SSSR count). The summed E-state index contributed by atoms with van der Waals surface area (Å²) >= 11 is 5.77. The number of nitrogens with one attached hydrogen (secondary N) is 2. The number of hydrogen-bond acceptors (Lipinski definition) is 5. The molecule has 2 heterocycles. The molecule has 0 amide bonds. The van der Waals surface area contributed by atoms with Crippen LogP contribution in [0.15, 0.2) is 17.4 Å². The third kappa shape index (κ3) is 2.82. The van der Waals surface area contributed by atoms with Crippen LogP contribution < -0.4 is 10.9 Å². The molecule has 0 aliphatic rings. The van der Waals surface area contributed by atoms with Crippen LogP contribution in [0.1, 0.15) is 5.82 Å². The zero-order valence-electron chi connectivity index (χ0n) is 9.14. The van der Waals surface area contributed by atoms with Gasteiger partial charge in [-0.1, -0.05) is 11.6 Å². The molecular formula is C9H11ClN6O. The van der Waals surface area contributed by atoms with Crippen molar-refractivity contribution in [2.24, 2.45) is 7.05 Å². The minimum Gasteiger partial charge on any atom is -0.368 e. The van der Waals surface area contributed by atoms with Crippen molar-refractivity contribution >= 4 is 17.4 Å². The van der Waals surface area contributed by atoms with Crippen LogP contribution in [0.2, 0.25) is 5.02 Å². The molecule has 8 heteroatoms. The number of H-pyrrole nitrogens is 1. The van der Waals surface area contributed by atoms with E-state index in [4.69, 9.17) is 11.6 Å². The summed E-state index contributed by atoms with van der Waals surface area (Å²) in [6, 6.07) is 0. The van der Waals surface area contributed by atoms with E-state index in [1.807, 2.05) is 0 Å². The maximum absolute atomic E-state index is 11.2. The van der Waals surface area contributed by atoms with Gasteiger partial charge >= 0.3 is 0 Å². The second kappa shape index (κ2) is 4.96. The van der Waals surface area contributed by atoms with Gasteiger partial charge in [0.25, 0.3) is 5.56 Å². The number of aromatic amines is 1. The first-order chi connectivity index (χ1) is 8.16. The Morgan fingerprint density at radius 3 is 3.06 bits per heavy atom. The van der Waals surface area contributed by atoms with Crippen molar-refractivity contribution in [2.45, 2.75) is 6.42 Å². The Labute approximate surface area is 102 Å². The molecule has 0 radical (unpaired) electrons. The van der Waals surface area contributed by atoms with Crippen molar-refractivity contribution < 1.29 is 0 Å². The summed E-state index contributed by atoms with van der Waals surface area (Å²) in [6.07, 6.45) is 3.56. The van der Waals surface area contributed by atoms with Crippen LogP contribution in [0.25, 0.3) is 0 Å². The zero-order chi connectivity index (χ0) is 12.3. The van der Waals surface area contributed by atoms with E-state index >= 15 is 0 Å². The molecule has 2 aromatic rings. The molecular weight excluding hydrogens is 244 g/mol. The van der Waals surface area contributed by atoms with Gasteiger partial charge in [0, 0.05) is 20.0 Å². The normalized spacial score (nSPS) is 10.5. The van der Waals surface area contributed by atoms with Crippen LogP contribution in [0.4, 0.5) is 5.82 Å². The van der Waals surface area contributed by atoms with Crippen LogP contribution in [0.5, 0.6) is 0 Å². The lowest BCUT2D eigenvalue weighted by Gasteiger charge is -2.04. The molecule has 7 nitrogen and oxygen atoms in total. The Morgan fingerprint density at radius 2 is 2.35 bits per heavy atom. The Kier molecular flexibility index (Phi) is 3.38. The molecule has 0 aromatic carbocycles. The lowest BCUT2D eigenvalue weighted by Crippen LogP contribution is -2.14. The molecule has 0 aliphatic heterocycles. The molecule has 90 valence electrons. The van der Waals surface area contributed by atoms with E-state index in [2.05, 4.69) is 25.4 Å². The summed E-state index contributed by atoms with van der Waals surface area (Å²) in [5.41, 5.74) is -0.361. The second-order valence-corrected chi connectivity index (χ2v) is 3.78. The smallest absolute Gasteiger partial charge is 0.271 e. The molecule has 0 bridgehead atoms. The Bertz CT molecular complexity index is 563. The van der Waals surface area contributed by atoms with E-state index in [1.165, 1.54) is 6.33 Å². The lowest BCUT2D eigenvalue weighted by molar-refractivity contribution is 0.741. The van der Waals surface area contributed by atoms with Crippen molar-refractivity contribution in [3.63, 3.8) is 0 Å². The Hall–Kier alpha value is -1.89. The summed E-state index contributed by atoms with van der Waals surface area (Å²) in [4.78, 5) is 21.6. The van der Waals surface area contributed by atoms with Gasteiger partial charge in [-0.15, -0.1) is 0 Å². The van der Waals surface area contributed by atoms with Gasteiger partial charge in [0.15, 0.2) is 11.6 Å². The Morgan fingerprint density at radius 1 is 1.53 bits per heavy atom. The van der Waals surface area contributed by atoms with Gasteiger partial charge in [-0.3, -0.25) is 9.48 Å².